The second kappa shape index (κ2) is 11.5. The standard InChI is InChI=1S/C10H8O4S.C2H7N.C2H6/c11-10-6-8(15-14-13-12)5-7-3-1-2-4-9(7)10;1-3-2;1-2/h1-6,11-12H;3H,1-2H3;1-2H3. The Bertz CT molecular complexity index is 494. The average molecular weight is 299 g/mol. The van der Waals surface area contributed by atoms with Gasteiger partial charge in [-0.3, -0.25) is 0 Å². The number of aromatic hydroxyl groups is 1. The predicted octanol–water partition coefficient (Wildman–Crippen LogP) is 3.84. The van der Waals surface area contributed by atoms with Gasteiger partial charge in [0.05, 0.1) is 12.0 Å². The first-order valence-electron chi connectivity index (χ1n) is 6.18. The zero-order chi connectivity index (χ0) is 15.4. The summed E-state index contributed by atoms with van der Waals surface area (Å²) in [6, 6.07) is 10.8. The molecule has 0 bridgehead atoms. The number of hydrogen-bond donors (Lipinski definition) is 3. The van der Waals surface area contributed by atoms with Gasteiger partial charge in [-0.1, -0.05) is 43.2 Å². The average Bonchev–Trinajstić information content (AvgIpc) is 2.48. The molecule has 0 atom stereocenters. The van der Waals surface area contributed by atoms with Crippen LogP contribution >= 0.6 is 12.0 Å². The predicted molar refractivity (Wildman–Crippen MR) is 82.6 cm³/mol. The third-order valence-corrected chi connectivity index (χ3v) is 2.53. The summed E-state index contributed by atoms with van der Waals surface area (Å²) in [7, 11) is 3.75. The lowest BCUT2D eigenvalue weighted by Gasteiger charge is -2.03. The van der Waals surface area contributed by atoms with Crippen molar-refractivity contribution in [2.24, 2.45) is 0 Å². The van der Waals surface area contributed by atoms with Gasteiger partial charge in [-0.05, 0) is 31.6 Å². The molecule has 2 aromatic rings. The molecule has 0 radical (unpaired) electrons. The molecule has 0 amide bonds. The number of phenols is 1. The van der Waals surface area contributed by atoms with Gasteiger partial charge < -0.3 is 10.4 Å². The van der Waals surface area contributed by atoms with Gasteiger partial charge >= 0.3 is 0 Å². The van der Waals surface area contributed by atoms with Gasteiger partial charge in [0.25, 0.3) is 0 Å². The number of phenolic OH excluding ortho intramolecular Hbond substituents is 1. The Labute approximate surface area is 123 Å². The second-order valence-corrected chi connectivity index (χ2v) is 4.16. The fraction of sp³-hybridized carbons (Fsp3) is 0.286. The molecule has 0 saturated heterocycles. The van der Waals surface area contributed by atoms with E-state index in [0.29, 0.717) is 4.90 Å². The van der Waals surface area contributed by atoms with Crippen LogP contribution in [0.15, 0.2) is 41.3 Å². The van der Waals surface area contributed by atoms with Crippen molar-refractivity contribution in [2.45, 2.75) is 18.7 Å². The molecule has 0 unspecified atom stereocenters. The molecule has 5 nitrogen and oxygen atoms in total. The minimum Gasteiger partial charge on any atom is -0.507 e. The van der Waals surface area contributed by atoms with E-state index in [0.717, 1.165) is 22.8 Å². The van der Waals surface area contributed by atoms with Crippen LogP contribution in [0.1, 0.15) is 13.8 Å². The fourth-order valence-electron chi connectivity index (χ4n) is 1.37. The topological polar surface area (TPSA) is 71.0 Å². The number of hydrogen-bond acceptors (Lipinski definition) is 6. The van der Waals surface area contributed by atoms with Crippen LogP contribution in [0, 0.1) is 0 Å². The Morgan fingerprint density at radius 1 is 1.10 bits per heavy atom. The minimum atomic E-state index is 0.164. The molecule has 2 aromatic carbocycles. The molecule has 0 heterocycles. The molecule has 0 fully saturated rings. The van der Waals surface area contributed by atoms with Gasteiger partial charge in [0.1, 0.15) is 5.75 Å². The molecular weight excluding hydrogens is 278 g/mol. The Hall–Kier alpha value is -1.31. The van der Waals surface area contributed by atoms with Crippen molar-refractivity contribution in [3.05, 3.63) is 36.4 Å². The summed E-state index contributed by atoms with van der Waals surface area (Å²) in [5.74, 6) is 0.164. The highest BCUT2D eigenvalue weighted by Gasteiger charge is 2.03. The first-order valence-corrected chi connectivity index (χ1v) is 6.92. The Kier molecular flexibility index (Phi) is 10.8. The molecule has 0 aliphatic carbocycles. The van der Waals surface area contributed by atoms with E-state index in [-0.39, 0.29) is 5.75 Å². The van der Waals surface area contributed by atoms with Gasteiger partial charge in [0.2, 0.25) is 0 Å². The van der Waals surface area contributed by atoms with Crippen LogP contribution in [-0.2, 0) is 9.37 Å². The van der Waals surface area contributed by atoms with Crippen molar-refractivity contribution in [2.75, 3.05) is 14.1 Å². The van der Waals surface area contributed by atoms with Crippen LogP contribution in [-0.4, -0.2) is 24.5 Å². The zero-order valence-corrected chi connectivity index (χ0v) is 12.9. The van der Waals surface area contributed by atoms with E-state index in [4.69, 9.17) is 5.26 Å². The summed E-state index contributed by atoms with van der Waals surface area (Å²) >= 11 is 0.817. The summed E-state index contributed by atoms with van der Waals surface area (Å²) in [5, 5.41) is 25.6. The largest absolute Gasteiger partial charge is 0.507 e. The van der Waals surface area contributed by atoms with E-state index < -0.39 is 0 Å². The van der Waals surface area contributed by atoms with Crippen LogP contribution in [0.4, 0.5) is 0 Å². The molecule has 0 aliphatic heterocycles. The van der Waals surface area contributed by atoms with E-state index >= 15 is 0 Å². The van der Waals surface area contributed by atoms with Crippen LogP contribution in [0.3, 0.4) is 0 Å². The van der Waals surface area contributed by atoms with E-state index in [1.807, 2.05) is 58.3 Å². The maximum absolute atomic E-state index is 9.68. The van der Waals surface area contributed by atoms with Crippen molar-refractivity contribution in [1.29, 1.82) is 0 Å². The summed E-state index contributed by atoms with van der Waals surface area (Å²) in [6.07, 6.45) is 0. The summed E-state index contributed by atoms with van der Waals surface area (Å²) < 4.78 is 4.28. The SMILES string of the molecule is CC.CNC.OOOSc1cc(O)c2ccccc2c1. The molecule has 0 saturated carbocycles. The number of rotatable bonds is 3. The normalized spacial score (nSPS) is 9.25. The smallest absolute Gasteiger partial charge is 0.124 e. The first-order chi connectivity index (χ1) is 9.72. The number of fused-ring (bicyclic) bond motifs is 1. The highest BCUT2D eigenvalue weighted by molar-refractivity contribution is 7.94. The Morgan fingerprint density at radius 2 is 1.70 bits per heavy atom. The van der Waals surface area contributed by atoms with Gasteiger partial charge in [-0.15, -0.1) is 4.33 Å². The van der Waals surface area contributed by atoms with Crippen LogP contribution in [0.5, 0.6) is 5.75 Å². The van der Waals surface area contributed by atoms with Crippen molar-refractivity contribution in [3.8, 4) is 5.75 Å². The molecule has 0 aliphatic rings. The summed E-state index contributed by atoms with van der Waals surface area (Å²) in [4.78, 5) is 0.639. The van der Waals surface area contributed by atoms with Crippen LogP contribution < -0.4 is 5.32 Å². The van der Waals surface area contributed by atoms with Gasteiger partial charge in [0.15, 0.2) is 0 Å². The summed E-state index contributed by atoms with van der Waals surface area (Å²) in [5.41, 5.74) is 0. The lowest BCUT2D eigenvalue weighted by molar-refractivity contribution is -0.432. The quantitative estimate of drug-likeness (QED) is 0.454. The van der Waals surface area contributed by atoms with Crippen LogP contribution in [0.25, 0.3) is 10.8 Å². The minimum absolute atomic E-state index is 0.164. The number of benzene rings is 2. The molecule has 6 heteroatoms. The monoisotopic (exact) mass is 299 g/mol. The maximum Gasteiger partial charge on any atom is 0.124 e. The van der Waals surface area contributed by atoms with E-state index in [1.165, 1.54) is 6.07 Å². The Morgan fingerprint density at radius 3 is 2.30 bits per heavy atom. The maximum atomic E-state index is 9.68. The third-order valence-electron chi connectivity index (χ3n) is 1.97. The van der Waals surface area contributed by atoms with Crippen molar-refractivity contribution >= 4 is 22.8 Å². The van der Waals surface area contributed by atoms with Gasteiger partial charge in [-0.2, -0.15) is 0 Å². The molecule has 112 valence electrons. The molecular formula is C14H21NO4S. The highest BCUT2D eigenvalue weighted by atomic mass is 32.2. The fourth-order valence-corrected chi connectivity index (χ4v) is 1.81. The lowest BCUT2D eigenvalue weighted by atomic mass is 10.1. The molecule has 20 heavy (non-hydrogen) atoms. The molecule has 0 aromatic heterocycles. The van der Waals surface area contributed by atoms with E-state index in [9.17, 15) is 5.11 Å². The molecule has 3 N–H and O–H groups in total. The molecule has 0 spiro atoms. The molecule has 2 rings (SSSR count). The first kappa shape index (κ1) is 18.7. The highest BCUT2D eigenvalue weighted by Crippen LogP contribution is 2.31. The van der Waals surface area contributed by atoms with Crippen molar-refractivity contribution in [3.63, 3.8) is 0 Å². The Balaban J connectivity index is 0.000000641. The van der Waals surface area contributed by atoms with Gasteiger partial charge in [0, 0.05) is 10.3 Å². The lowest BCUT2D eigenvalue weighted by Crippen LogP contribution is -1.89. The van der Waals surface area contributed by atoms with Crippen molar-refractivity contribution in [1.82, 2.24) is 5.32 Å². The van der Waals surface area contributed by atoms with Crippen LogP contribution in [0.2, 0.25) is 0 Å². The summed E-state index contributed by atoms with van der Waals surface area (Å²) in [6.45, 7) is 4.00. The van der Waals surface area contributed by atoms with Crippen molar-refractivity contribution < 1.29 is 19.7 Å². The third kappa shape index (κ3) is 6.23. The van der Waals surface area contributed by atoms with E-state index in [2.05, 4.69) is 14.7 Å². The van der Waals surface area contributed by atoms with Gasteiger partial charge in [-0.25, -0.2) is 5.26 Å². The number of nitrogens with one attached hydrogen (secondary N) is 1. The second-order valence-electron chi connectivity index (χ2n) is 3.39. The van der Waals surface area contributed by atoms with E-state index in [1.54, 1.807) is 0 Å². The zero-order valence-electron chi connectivity index (χ0n) is 12.1.